The van der Waals surface area contributed by atoms with Crippen LogP contribution in [0, 0.1) is 6.92 Å². The van der Waals surface area contributed by atoms with E-state index < -0.39 is 10.0 Å². The van der Waals surface area contributed by atoms with Crippen molar-refractivity contribution in [1.82, 2.24) is 4.37 Å². The number of phenols is 1. The van der Waals surface area contributed by atoms with Crippen LogP contribution in [0.1, 0.15) is 64.9 Å². The van der Waals surface area contributed by atoms with Crippen LogP contribution in [0.3, 0.4) is 0 Å². The van der Waals surface area contributed by atoms with Crippen LogP contribution in [0.15, 0.2) is 94.0 Å². The van der Waals surface area contributed by atoms with Crippen molar-refractivity contribution in [1.29, 1.82) is 0 Å². The predicted molar refractivity (Wildman–Crippen MR) is 203 cm³/mol. The molecule has 4 aromatic carbocycles. The minimum absolute atomic E-state index is 0.00622. The summed E-state index contributed by atoms with van der Waals surface area (Å²) in [4.78, 5) is 0.0673. The molecule has 5 aromatic rings. The van der Waals surface area contributed by atoms with E-state index in [9.17, 15) is 13.5 Å². The highest BCUT2D eigenvalue weighted by Crippen LogP contribution is 2.41. The van der Waals surface area contributed by atoms with Gasteiger partial charge in [0, 0.05) is 10.9 Å². The smallest absolute Gasteiger partial charge is 0.262 e. The highest BCUT2D eigenvalue weighted by molar-refractivity contribution is 7.92. The molecule has 0 spiro atoms. The third-order valence-electron chi connectivity index (χ3n) is 7.99. The summed E-state index contributed by atoms with van der Waals surface area (Å²) in [6.07, 6.45) is 6.82. The van der Waals surface area contributed by atoms with E-state index in [0.717, 1.165) is 35.5 Å². The maximum Gasteiger partial charge on any atom is 0.262 e. The first-order valence-corrected chi connectivity index (χ1v) is 19.3. The molecule has 1 aromatic heterocycles. The van der Waals surface area contributed by atoms with Crippen LogP contribution in [0.25, 0.3) is 22.0 Å². The lowest BCUT2D eigenvalue weighted by atomic mass is 10.0. The number of fused-ring (bicyclic) bond motifs is 1. The zero-order valence-electron chi connectivity index (χ0n) is 29.0. The summed E-state index contributed by atoms with van der Waals surface area (Å²) in [6, 6.07) is 23.2. The van der Waals surface area contributed by atoms with Crippen molar-refractivity contribution in [3.05, 3.63) is 84.4 Å². The molecule has 50 heavy (non-hydrogen) atoms. The molecule has 12 heteroatoms. The molecule has 0 atom stereocenters. The molecule has 0 bridgehead atoms. The molecule has 0 saturated carbocycles. The summed E-state index contributed by atoms with van der Waals surface area (Å²) in [7, 11) is -3.99. The Labute approximate surface area is 298 Å². The van der Waals surface area contributed by atoms with Crippen molar-refractivity contribution in [3.63, 3.8) is 0 Å². The minimum atomic E-state index is -3.99. The van der Waals surface area contributed by atoms with E-state index in [-0.39, 0.29) is 23.5 Å². The molecule has 0 fully saturated rings. The number of nitrogens with zero attached hydrogens (tertiary/aromatic N) is 3. The lowest BCUT2D eigenvalue weighted by molar-refractivity contribution is 0.0938. The summed E-state index contributed by atoms with van der Waals surface area (Å²) >= 11 is 1.12. The van der Waals surface area contributed by atoms with E-state index in [0.29, 0.717) is 50.9 Å². The number of aromatic hydroxyl groups is 1. The molecule has 0 aliphatic carbocycles. The summed E-state index contributed by atoms with van der Waals surface area (Å²) in [5, 5.41) is 24.2. The number of azo groups is 1. The zero-order valence-corrected chi connectivity index (χ0v) is 30.6. The topological polar surface area (TPSA) is 134 Å². The summed E-state index contributed by atoms with van der Waals surface area (Å²) < 4.78 is 46.2. The number of unbranched alkanes of at least 4 members (excludes halogenated alkanes) is 5. The molecule has 0 radical (unpaired) electrons. The Morgan fingerprint density at radius 1 is 0.900 bits per heavy atom. The fraction of sp³-hybridized carbons (Fsp3) is 0.342. The number of aromatic nitrogens is 1. The fourth-order valence-corrected chi connectivity index (χ4v) is 7.07. The summed E-state index contributed by atoms with van der Waals surface area (Å²) in [5.41, 5.74) is 4.22. The van der Waals surface area contributed by atoms with E-state index in [1.807, 2.05) is 57.2 Å². The molecule has 0 aliphatic rings. The van der Waals surface area contributed by atoms with Gasteiger partial charge in [-0.25, -0.2) is 8.42 Å². The molecule has 264 valence electrons. The Morgan fingerprint density at radius 2 is 1.68 bits per heavy atom. The van der Waals surface area contributed by atoms with Gasteiger partial charge in [0.15, 0.2) is 5.00 Å². The first-order chi connectivity index (χ1) is 24.1. The highest BCUT2D eigenvalue weighted by atomic mass is 32.2. The molecule has 0 amide bonds. The van der Waals surface area contributed by atoms with Gasteiger partial charge in [0.1, 0.15) is 18.2 Å². The molecule has 10 nitrogen and oxygen atoms in total. The van der Waals surface area contributed by atoms with Crippen LogP contribution in [0.2, 0.25) is 0 Å². The maximum absolute atomic E-state index is 13.7. The van der Waals surface area contributed by atoms with Gasteiger partial charge in [0.25, 0.3) is 10.0 Å². The van der Waals surface area contributed by atoms with Gasteiger partial charge in [-0.1, -0.05) is 75.4 Å². The average molecular weight is 716 g/mol. The van der Waals surface area contributed by atoms with Crippen molar-refractivity contribution in [2.24, 2.45) is 10.2 Å². The second-order valence-corrected chi connectivity index (χ2v) is 14.8. The molecule has 0 aliphatic heterocycles. The van der Waals surface area contributed by atoms with Gasteiger partial charge in [-0.05, 0) is 92.3 Å². The number of benzene rings is 4. The lowest BCUT2D eigenvalue weighted by Gasteiger charge is -2.15. The number of nitrogens with one attached hydrogen (secondary N) is 2. The fourth-order valence-electron chi connectivity index (χ4n) is 5.30. The lowest BCUT2D eigenvalue weighted by Crippen LogP contribution is -2.14. The van der Waals surface area contributed by atoms with E-state index in [1.165, 1.54) is 31.7 Å². The van der Waals surface area contributed by atoms with Crippen LogP contribution >= 0.6 is 11.5 Å². The molecule has 1 heterocycles. The third-order valence-corrected chi connectivity index (χ3v) is 10.1. The number of aryl methyl sites for hydroxylation is 1. The molecule has 5 rings (SSSR count). The quantitative estimate of drug-likeness (QED) is 0.0356. The standard InChI is InChI=1S/C38H45N5O5S2/c1-5-6-7-8-9-13-20-47-36-19-16-27(4)21-34(36)43-50(45,46)30-17-18-33-32(24-30)38(49-42-33)41-40-29-22-31(28-14-11-10-12-15-28)37(44)35(23-29)39-25-48-26(2)3/h10-12,14-19,21-24,26,39,43-44H,5-9,13,20,25H2,1-4H3. The Kier molecular flexibility index (Phi) is 12.8. The van der Waals surface area contributed by atoms with E-state index >= 15 is 0 Å². The van der Waals surface area contributed by atoms with Gasteiger partial charge in [0.05, 0.1) is 40.2 Å². The summed E-state index contributed by atoms with van der Waals surface area (Å²) in [6.45, 7) is 8.68. The number of hydrogen-bond donors (Lipinski definition) is 3. The van der Waals surface area contributed by atoms with E-state index in [4.69, 9.17) is 9.47 Å². The third kappa shape index (κ3) is 9.80. The Balaban J connectivity index is 1.38. The largest absolute Gasteiger partial charge is 0.505 e. The molecule has 0 saturated heterocycles. The second-order valence-electron chi connectivity index (χ2n) is 12.4. The van der Waals surface area contributed by atoms with E-state index in [1.54, 1.807) is 36.4 Å². The van der Waals surface area contributed by atoms with Crippen LogP contribution in [0.4, 0.5) is 22.1 Å². The summed E-state index contributed by atoms with van der Waals surface area (Å²) in [5.74, 6) is 0.562. The maximum atomic E-state index is 13.7. The first-order valence-electron chi connectivity index (χ1n) is 17.0. The van der Waals surface area contributed by atoms with Gasteiger partial charge < -0.3 is 19.9 Å². The minimum Gasteiger partial charge on any atom is -0.505 e. The number of hydrogen-bond acceptors (Lipinski definition) is 10. The van der Waals surface area contributed by atoms with Crippen molar-refractivity contribution in [2.75, 3.05) is 23.4 Å². The van der Waals surface area contributed by atoms with Gasteiger partial charge in [-0.3, -0.25) is 4.72 Å². The second kappa shape index (κ2) is 17.4. The molecule has 3 N–H and O–H groups in total. The highest BCUT2D eigenvalue weighted by Gasteiger charge is 2.20. The van der Waals surface area contributed by atoms with Crippen LogP contribution in [-0.2, 0) is 14.8 Å². The normalized spacial score (nSPS) is 11.9. The number of phenolic OH excluding ortho intramolecular Hbond substituents is 1. The van der Waals surface area contributed by atoms with Crippen molar-refractivity contribution >= 4 is 54.5 Å². The van der Waals surface area contributed by atoms with Gasteiger partial charge in [-0.2, -0.15) is 4.37 Å². The molecule has 0 unspecified atom stereocenters. The number of sulfonamides is 1. The monoisotopic (exact) mass is 715 g/mol. The Morgan fingerprint density at radius 3 is 2.46 bits per heavy atom. The van der Waals surface area contributed by atoms with Crippen LogP contribution in [-0.4, -0.2) is 37.3 Å². The van der Waals surface area contributed by atoms with Gasteiger partial charge in [0.2, 0.25) is 0 Å². The SMILES string of the molecule is CCCCCCCCOc1ccc(C)cc1NS(=O)(=O)c1ccc2nsc(N=Nc3cc(NCOC(C)C)c(O)c(-c4ccccc4)c3)c2c1. The number of anilines is 2. The average Bonchev–Trinajstić information content (AvgIpc) is 3.51. The number of ether oxygens (including phenoxy) is 2. The van der Waals surface area contributed by atoms with Crippen LogP contribution < -0.4 is 14.8 Å². The van der Waals surface area contributed by atoms with Gasteiger partial charge in [-0.15, -0.1) is 10.2 Å². The van der Waals surface area contributed by atoms with E-state index in [2.05, 4.69) is 31.6 Å². The number of rotatable bonds is 18. The first kappa shape index (κ1) is 36.8. The predicted octanol–water partition coefficient (Wildman–Crippen LogP) is 10.7. The zero-order chi connectivity index (χ0) is 35.5. The van der Waals surface area contributed by atoms with Gasteiger partial charge >= 0.3 is 0 Å². The van der Waals surface area contributed by atoms with Crippen molar-refractivity contribution in [3.8, 4) is 22.6 Å². The Hall–Kier alpha value is -4.52. The molecular weight excluding hydrogens is 671 g/mol. The van der Waals surface area contributed by atoms with Crippen molar-refractivity contribution in [2.45, 2.75) is 77.2 Å². The van der Waals surface area contributed by atoms with Crippen molar-refractivity contribution < 1.29 is 23.0 Å². The van der Waals surface area contributed by atoms with Crippen LogP contribution in [0.5, 0.6) is 11.5 Å². The Bertz CT molecular complexity index is 2010. The molecular formula is C38H45N5O5S2.